The highest BCUT2D eigenvalue weighted by Crippen LogP contribution is 2.28. The SMILES string of the molecule is CN1CCC[C@H](C(=O)NCCCSC2CCCCC2)C1. The zero-order valence-electron chi connectivity index (χ0n) is 12.9. The van der Waals surface area contributed by atoms with Crippen LogP contribution in [0.2, 0.25) is 0 Å². The van der Waals surface area contributed by atoms with E-state index in [-0.39, 0.29) is 11.8 Å². The van der Waals surface area contributed by atoms with Crippen LogP contribution in [-0.2, 0) is 4.79 Å². The van der Waals surface area contributed by atoms with E-state index < -0.39 is 0 Å². The van der Waals surface area contributed by atoms with Crippen LogP contribution in [0.3, 0.4) is 0 Å². The van der Waals surface area contributed by atoms with Gasteiger partial charge in [-0.25, -0.2) is 0 Å². The Kier molecular flexibility index (Phi) is 7.22. The van der Waals surface area contributed by atoms with E-state index in [9.17, 15) is 4.79 Å². The Balaban J connectivity index is 1.50. The van der Waals surface area contributed by atoms with Gasteiger partial charge in [-0.3, -0.25) is 4.79 Å². The summed E-state index contributed by atoms with van der Waals surface area (Å²) in [6.07, 6.45) is 10.4. The van der Waals surface area contributed by atoms with Crippen LogP contribution in [0.4, 0.5) is 0 Å². The number of hydrogen-bond donors (Lipinski definition) is 1. The Morgan fingerprint density at radius 1 is 1.20 bits per heavy atom. The van der Waals surface area contributed by atoms with Crippen molar-refractivity contribution in [3.8, 4) is 0 Å². The van der Waals surface area contributed by atoms with Gasteiger partial charge < -0.3 is 10.2 Å². The zero-order chi connectivity index (χ0) is 14.2. The van der Waals surface area contributed by atoms with Gasteiger partial charge in [0.05, 0.1) is 5.92 Å². The van der Waals surface area contributed by atoms with Crippen molar-refractivity contribution in [3.05, 3.63) is 0 Å². The van der Waals surface area contributed by atoms with Gasteiger partial charge in [0, 0.05) is 18.3 Å². The minimum absolute atomic E-state index is 0.222. The second kappa shape index (κ2) is 8.93. The molecule has 3 nitrogen and oxygen atoms in total. The van der Waals surface area contributed by atoms with Crippen molar-refractivity contribution < 1.29 is 4.79 Å². The van der Waals surface area contributed by atoms with Crippen LogP contribution in [0.1, 0.15) is 51.4 Å². The molecule has 2 rings (SSSR count). The van der Waals surface area contributed by atoms with Gasteiger partial charge in [-0.05, 0) is 51.4 Å². The smallest absolute Gasteiger partial charge is 0.224 e. The van der Waals surface area contributed by atoms with Gasteiger partial charge in [-0.1, -0.05) is 19.3 Å². The van der Waals surface area contributed by atoms with E-state index in [2.05, 4.69) is 29.0 Å². The molecule has 0 unspecified atom stereocenters. The van der Waals surface area contributed by atoms with Gasteiger partial charge in [0.1, 0.15) is 0 Å². The minimum atomic E-state index is 0.222. The molecule has 1 heterocycles. The fourth-order valence-corrected chi connectivity index (χ4v) is 4.60. The number of thioether (sulfide) groups is 1. The predicted octanol–water partition coefficient (Wildman–Crippen LogP) is 2.90. The zero-order valence-corrected chi connectivity index (χ0v) is 13.7. The highest BCUT2D eigenvalue weighted by molar-refractivity contribution is 7.99. The lowest BCUT2D eigenvalue weighted by atomic mass is 9.98. The number of likely N-dealkylation sites (tertiary alicyclic amines) is 1. The highest BCUT2D eigenvalue weighted by Gasteiger charge is 2.23. The van der Waals surface area contributed by atoms with Crippen molar-refractivity contribution in [2.45, 2.75) is 56.6 Å². The molecular weight excluding hydrogens is 268 g/mol. The van der Waals surface area contributed by atoms with E-state index in [1.54, 1.807) is 0 Å². The Bertz CT molecular complexity index is 292. The topological polar surface area (TPSA) is 32.3 Å². The van der Waals surface area contributed by atoms with Gasteiger partial charge >= 0.3 is 0 Å². The minimum Gasteiger partial charge on any atom is -0.356 e. The average molecular weight is 298 g/mol. The number of hydrogen-bond acceptors (Lipinski definition) is 3. The molecule has 0 spiro atoms. The molecule has 2 aliphatic rings. The van der Waals surface area contributed by atoms with Crippen molar-refractivity contribution in [2.24, 2.45) is 5.92 Å². The molecule has 1 aliphatic heterocycles. The molecule has 0 aromatic heterocycles. The Morgan fingerprint density at radius 3 is 2.75 bits per heavy atom. The fourth-order valence-electron chi connectivity index (χ4n) is 3.29. The summed E-state index contributed by atoms with van der Waals surface area (Å²) in [6.45, 7) is 2.93. The Morgan fingerprint density at radius 2 is 2.00 bits per heavy atom. The molecular formula is C16H30N2OS. The summed E-state index contributed by atoms with van der Waals surface area (Å²) in [7, 11) is 2.11. The fraction of sp³-hybridized carbons (Fsp3) is 0.938. The maximum Gasteiger partial charge on any atom is 0.224 e. The summed E-state index contributed by atoms with van der Waals surface area (Å²) >= 11 is 2.13. The van der Waals surface area contributed by atoms with Crippen LogP contribution in [0.15, 0.2) is 0 Å². The average Bonchev–Trinajstić information content (AvgIpc) is 2.48. The van der Waals surface area contributed by atoms with Crippen LogP contribution < -0.4 is 5.32 Å². The molecule has 116 valence electrons. The second-order valence-corrected chi connectivity index (χ2v) is 7.79. The van der Waals surface area contributed by atoms with Gasteiger partial charge in [0.2, 0.25) is 5.91 Å². The van der Waals surface area contributed by atoms with E-state index in [0.29, 0.717) is 0 Å². The van der Waals surface area contributed by atoms with Gasteiger partial charge in [0.15, 0.2) is 0 Å². The lowest BCUT2D eigenvalue weighted by Crippen LogP contribution is -2.41. The third-order valence-corrected chi connectivity index (χ3v) is 5.99. The third-order valence-electron chi connectivity index (χ3n) is 4.52. The monoisotopic (exact) mass is 298 g/mol. The van der Waals surface area contributed by atoms with Crippen molar-refractivity contribution in [2.75, 3.05) is 32.4 Å². The molecule has 1 aliphatic carbocycles. The number of rotatable bonds is 6. The van der Waals surface area contributed by atoms with Crippen LogP contribution in [-0.4, -0.2) is 48.5 Å². The van der Waals surface area contributed by atoms with Crippen molar-refractivity contribution >= 4 is 17.7 Å². The van der Waals surface area contributed by atoms with E-state index >= 15 is 0 Å². The van der Waals surface area contributed by atoms with E-state index in [1.165, 1.54) is 37.9 Å². The first-order valence-electron chi connectivity index (χ1n) is 8.33. The quantitative estimate of drug-likeness (QED) is 0.765. The van der Waals surface area contributed by atoms with Crippen molar-refractivity contribution in [3.63, 3.8) is 0 Å². The van der Waals surface area contributed by atoms with Gasteiger partial charge in [-0.15, -0.1) is 0 Å². The molecule has 1 saturated carbocycles. The third kappa shape index (κ3) is 5.65. The molecule has 1 N–H and O–H groups in total. The highest BCUT2D eigenvalue weighted by atomic mass is 32.2. The number of nitrogens with one attached hydrogen (secondary N) is 1. The number of carbonyl (C=O) groups is 1. The number of nitrogens with zero attached hydrogens (tertiary/aromatic N) is 1. The second-order valence-electron chi connectivity index (χ2n) is 6.38. The summed E-state index contributed by atoms with van der Waals surface area (Å²) in [5, 5.41) is 4.03. The molecule has 4 heteroatoms. The lowest BCUT2D eigenvalue weighted by molar-refractivity contribution is -0.126. The normalized spacial score (nSPS) is 25.6. The molecule has 0 bridgehead atoms. The molecule has 2 fully saturated rings. The summed E-state index contributed by atoms with van der Waals surface area (Å²) in [4.78, 5) is 14.3. The first-order chi connectivity index (χ1) is 9.75. The molecule has 1 saturated heterocycles. The molecule has 0 radical (unpaired) electrons. The van der Waals surface area contributed by atoms with Crippen molar-refractivity contribution in [1.29, 1.82) is 0 Å². The maximum absolute atomic E-state index is 12.1. The maximum atomic E-state index is 12.1. The molecule has 1 atom stereocenters. The lowest BCUT2D eigenvalue weighted by Gasteiger charge is -2.28. The van der Waals surface area contributed by atoms with E-state index in [0.717, 1.165) is 44.1 Å². The van der Waals surface area contributed by atoms with Crippen LogP contribution in [0.5, 0.6) is 0 Å². The predicted molar refractivity (Wildman–Crippen MR) is 87.2 cm³/mol. The standard InChI is InChI=1S/C16H30N2OS/c1-18-11-5-7-14(13-18)16(19)17-10-6-12-20-15-8-3-2-4-9-15/h14-15H,2-13H2,1H3,(H,17,19)/t14-/m0/s1. The van der Waals surface area contributed by atoms with Crippen LogP contribution in [0.25, 0.3) is 0 Å². The van der Waals surface area contributed by atoms with Gasteiger partial charge in [0.25, 0.3) is 0 Å². The number of carbonyl (C=O) groups excluding carboxylic acids is 1. The van der Waals surface area contributed by atoms with Crippen molar-refractivity contribution in [1.82, 2.24) is 10.2 Å². The molecule has 1 amide bonds. The molecule has 20 heavy (non-hydrogen) atoms. The van der Waals surface area contributed by atoms with Crippen LogP contribution in [0, 0.1) is 5.92 Å². The molecule has 0 aromatic carbocycles. The first kappa shape index (κ1) is 16.2. The summed E-state index contributed by atoms with van der Waals surface area (Å²) < 4.78 is 0. The van der Waals surface area contributed by atoms with Gasteiger partial charge in [-0.2, -0.15) is 11.8 Å². The molecule has 0 aromatic rings. The van der Waals surface area contributed by atoms with Crippen LogP contribution >= 0.6 is 11.8 Å². The number of amides is 1. The van der Waals surface area contributed by atoms with E-state index in [1.807, 2.05) is 0 Å². The largest absolute Gasteiger partial charge is 0.356 e. The first-order valence-corrected chi connectivity index (χ1v) is 9.38. The Hall–Kier alpha value is -0.220. The summed E-state index contributed by atoms with van der Waals surface area (Å²) in [5.41, 5.74) is 0. The number of piperidine rings is 1. The summed E-state index contributed by atoms with van der Waals surface area (Å²) in [5.74, 6) is 1.70. The van der Waals surface area contributed by atoms with E-state index in [4.69, 9.17) is 0 Å². The Labute approximate surface area is 128 Å². The summed E-state index contributed by atoms with van der Waals surface area (Å²) in [6, 6.07) is 0.